The van der Waals surface area contributed by atoms with Gasteiger partial charge in [-0.15, -0.1) is 0 Å². The second kappa shape index (κ2) is 15.9. The monoisotopic (exact) mass is 758 g/mol. The van der Waals surface area contributed by atoms with Gasteiger partial charge in [0.05, 0.1) is 36.0 Å². The van der Waals surface area contributed by atoms with E-state index in [1.165, 1.54) is 37.5 Å². The zero-order valence-electron chi connectivity index (χ0n) is 32.1. The van der Waals surface area contributed by atoms with Crippen LogP contribution in [-0.4, -0.2) is 87.8 Å². The number of carboxylic acid groups (broad SMARTS) is 1. The lowest BCUT2D eigenvalue weighted by Crippen LogP contribution is -2.59. The first-order valence-electron chi connectivity index (χ1n) is 19.8. The first-order valence-corrected chi connectivity index (χ1v) is 19.8. The zero-order valence-corrected chi connectivity index (χ0v) is 32.1. The largest absolute Gasteiger partial charge is 0.478 e. The number of benzene rings is 1. The SMILES string of the molecule is CC1=C[C@H]2C(=O)O[C@H]3C[C@@H](C/C=C(\C)[C@@H](O)[C@@H](C)/C=C/C=C4\CO[C@H]([C@@H]1OC(=O)c1ccccc1C(=O)O)[C@@]42O)O[C@@]1(C=C[C@H](C)[C@@H](C2CCCCC2)O1)C3. The van der Waals surface area contributed by atoms with E-state index in [1.54, 1.807) is 31.2 Å². The number of fused-ring (bicyclic) bond motifs is 2. The van der Waals surface area contributed by atoms with Gasteiger partial charge in [0.2, 0.25) is 0 Å². The first-order chi connectivity index (χ1) is 26.3. The summed E-state index contributed by atoms with van der Waals surface area (Å²) in [5.74, 6) is -4.88. The number of rotatable bonds is 4. The lowest BCUT2D eigenvalue weighted by atomic mass is 9.70. The molecule has 296 valence electrons. The van der Waals surface area contributed by atoms with Gasteiger partial charge in [0.25, 0.3) is 0 Å². The Hall–Kier alpha value is -3.87. The highest BCUT2D eigenvalue weighted by atomic mass is 16.7. The predicted octanol–water partition coefficient (Wildman–Crippen LogP) is 6.40. The van der Waals surface area contributed by atoms with Crippen molar-refractivity contribution in [2.24, 2.45) is 23.7 Å². The van der Waals surface area contributed by atoms with Crippen molar-refractivity contribution in [2.45, 2.75) is 127 Å². The topological polar surface area (TPSA) is 158 Å². The fraction of sp³-hybridized carbons (Fsp3) is 0.568. The molecule has 0 aromatic heterocycles. The molecule has 0 radical (unpaired) electrons. The van der Waals surface area contributed by atoms with E-state index in [1.807, 2.05) is 32.1 Å². The summed E-state index contributed by atoms with van der Waals surface area (Å²) in [6.45, 7) is 7.57. The van der Waals surface area contributed by atoms with E-state index in [9.17, 15) is 29.7 Å². The van der Waals surface area contributed by atoms with Crippen LogP contribution < -0.4 is 0 Å². The molecular formula is C44H54O11. The Morgan fingerprint density at radius 3 is 2.44 bits per heavy atom. The third-order valence-corrected chi connectivity index (χ3v) is 12.5. The highest BCUT2D eigenvalue weighted by Crippen LogP contribution is 2.48. The van der Waals surface area contributed by atoms with Crippen molar-refractivity contribution >= 4 is 17.9 Å². The van der Waals surface area contributed by atoms with Gasteiger partial charge in [-0.05, 0) is 74.0 Å². The van der Waals surface area contributed by atoms with Crippen LogP contribution in [0.15, 0.2) is 83.5 Å². The number of ether oxygens (including phenoxy) is 5. The summed E-state index contributed by atoms with van der Waals surface area (Å²) in [4.78, 5) is 39.9. The van der Waals surface area contributed by atoms with Crippen molar-refractivity contribution in [1.82, 2.24) is 0 Å². The molecule has 4 heterocycles. The fourth-order valence-corrected chi connectivity index (χ4v) is 9.44. The first kappa shape index (κ1) is 39.4. The smallest absolute Gasteiger partial charge is 0.339 e. The molecule has 0 amide bonds. The number of hydrogen-bond acceptors (Lipinski definition) is 10. The van der Waals surface area contributed by atoms with Gasteiger partial charge >= 0.3 is 17.9 Å². The van der Waals surface area contributed by atoms with Gasteiger partial charge in [-0.1, -0.05) is 81.7 Å². The van der Waals surface area contributed by atoms with Crippen molar-refractivity contribution in [1.29, 1.82) is 0 Å². The van der Waals surface area contributed by atoms with Crippen molar-refractivity contribution in [3.05, 3.63) is 94.6 Å². The Kier molecular flexibility index (Phi) is 11.4. The average Bonchev–Trinajstić information content (AvgIpc) is 3.51. The number of aliphatic hydroxyl groups excluding tert-OH is 1. The number of aromatic carboxylic acids is 1. The number of hydrogen-bond donors (Lipinski definition) is 3. The van der Waals surface area contributed by atoms with E-state index in [2.05, 4.69) is 13.0 Å². The molecule has 2 bridgehead atoms. The molecule has 3 N–H and O–H groups in total. The molecular weight excluding hydrogens is 704 g/mol. The number of carboxylic acids is 1. The summed E-state index contributed by atoms with van der Waals surface area (Å²) in [6.07, 6.45) is 15.6. The second-order valence-electron chi connectivity index (χ2n) is 16.4. The maximum atomic E-state index is 14.5. The lowest BCUT2D eigenvalue weighted by Gasteiger charge is -2.49. The summed E-state index contributed by atoms with van der Waals surface area (Å²) >= 11 is 0. The van der Waals surface area contributed by atoms with E-state index in [0.717, 1.165) is 18.4 Å². The van der Waals surface area contributed by atoms with Crippen LogP contribution >= 0.6 is 0 Å². The number of aliphatic hydroxyl groups is 2. The molecule has 3 fully saturated rings. The van der Waals surface area contributed by atoms with Crippen molar-refractivity contribution < 1.29 is 53.4 Å². The molecule has 11 heteroatoms. The van der Waals surface area contributed by atoms with Gasteiger partial charge in [-0.3, -0.25) is 4.79 Å². The number of esters is 2. The van der Waals surface area contributed by atoms with Crippen molar-refractivity contribution in [2.75, 3.05) is 6.61 Å². The molecule has 2 aliphatic carbocycles. The summed E-state index contributed by atoms with van der Waals surface area (Å²) in [5.41, 5.74) is -0.754. The van der Waals surface area contributed by atoms with Crippen LogP contribution in [0.1, 0.15) is 99.8 Å². The summed E-state index contributed by atoms with van der Waals surface area (Å²) in [5, 5.41) is 33.7. The Morgan fingerprint density at radius 2 is 1.69 bits per heavy atom. The minimum absolute atomic E-state index is 0.0409. The summed E-state index contributed by atoms with van der Waals surface area (Å²) in [6, 6.07) is 5.73. The molecule has 1 aromatic carbocycles. The minimum Gasteiger partial charge on any atom is -0.478 e. The van der Waals surface area contributed by atoms with Gasteiger partial charge in [-0.2, -0.15) is 0 Å². The van der Waals surface area contributed by atoms with Gasteiger partial charge in [0.1, 0.15) is 23.7 Å². The number of allylic oxidation sites excluding steroid dienone is 2. The third-order valence-electron chi connectivity index (χ3n) is 12.5. The average molecular weight is 759 g/mol. The fourth-order valence-electron chi connectivity index (χ4n) is 9.44. The molecule has 1 aromatic rings. The summed E-state index contributed by atoms with van der Waals surface area (Å²) in [7, 11) is 0. The Balaban J connectivity index is 1.24. The Bertz CT molecular complexity index is 1800. The maximum Gasteiger partial charge on any atom is 0.339 e. The third kappa shape index (κ3) is 7.79. The van der Waals surface area contributed by atoms with Crippen LogP contribution in [0.4, 0.5) is 0 Å². The minimum atomic E-state index is -1.99. The number of carbonyl (C=O) groups excluding carboxylic acids is 2. The molecule has 6 aliphatic rings. The Labute approximate surface area is 322 Å². The molecule has 0 unspecified atom stereocenters. The van der Waals surface area contributed by atoms with Gasteiger partial charge in [-0.25, -0.2) is 9.59 Å². The molecule has 11 atom stereocenters. The van der Waals surface area contributed by atoms with E-state index < -0.39 is 59.6 Å². The molecule has 55 heavy (non-hydrogen) atoms. The molecule has 1 saturated carbocycles. The number of carbonyl (C=O) groups is 3. The van der Waals surface area contributed by atoms with Crippen molar-refractivity contribution in [3.8, 4) is 0 Å². The zero-order chi connectivity index (χ0) is 39.1. The highest BCUT2D eigenvalue weighted by Gasteiger charge is 2.61. The van der Waals surface area contributed by atoms with Crippen LogP contribution in [0.5, 0.6) is 0 Å². The molecule has 1 spiro atoms. The molecule has 4 aliphatic heterocycles. The molecule has 11 nitrogen and oxygen atoms in total. The van der Waals surface area contributed by atoms with Gasteiger partial charge < -0.3 is 39.0 Å². The van der Waals surface area contributed by atoms with E-state index >= 15 is 0 Å². The highest BCUT2D eigenvalue weighted by molar-refractivity contribution is 6.02. The van der Waals surface area contributed by atoms with Gasteiger partial charge in [0, 0.05) is 24.7 Å². The van der Waals surface area contributed by atoms with Crippen LogP contribution in [0.2, 0.25) is 0 Å². The predicted molar refractivity (Wildman–Crippen MR) is 202 cm³/mol. The van der Waals surface area contributed by atoms with Crippen LogP contribution in [0, 0.1) is 23.7 Å². The van der Waals surface area contributed by atoms with Crippen molar-refractivity contribution in [3.63, 3.8) is 0 Å². The summed E-state index contributed by atoms with van der Waals surface area (Å²) < 4.78 is 32.2. The molecule has 2 saturated heterocycles. The standard InChI is InChI=1S/C44H54O11/c1-25-11-10-14-30-24-51-39-38(53-41(48)34-16-9-8-15-33(34)40(46)47)28(4)21-35(44(30,39)50)42(49)52-32-22-31(18-17-26(2)36(25)45)54-43(23-32)20-19-27(3)37(55-43)29-12-6-5-7-13-29/h8-11,14-17,19-21,25,27,29,31-32,35-39,45,50H,5-7,12-13,18,22-24H2,1-4H3,(H,46,47)/b11-10+,26-17+,30-14+/t25-,27-,31+,32-,35-,36-,37-,38+,39+,43+,44+/m0/s1. The maximum absolute atomic E-state index is 14.5. The van der Waals surface area contributed by atoms with E-state index in [0.29, 0.717) is 29.9 Å². The van der Waals surface area contributed by atoms with Gasteiger partial charge in [0.15, 0.2) is 11.9 Å². The van der Waals surface area contributed by atoms with Crippen LogP contribution in [0.3, 0.4) is 0 Å². The van der Waals surface area contributed by atoms with Crippen LogP contribution in [-0.2, 0) is 28.5 Å². The lowest BCUT2D eigenvalue weighted by molar-refractivity contribution is -0.301. The normalized spacial score (nSPS) is 40.8. The van der Waals surface area contributed by atoms with Crippen LogP contribution in [0.25, 0.3) is 0 Å². The Morgan fingerprint density at radius 1 is 0.945 bits per heavy atom. The van der Waals surface area contributed by atoms with E-state index in [4.69, 9.17) is 23.7 Å². The van der Waals surface area contributed by atoms with E-state index in [-0.39, 0.29) is 48.2 Å². The molecule has 7 rings (SSSR count). The second-order valence-corrected chi connectivity index (χ2v) is 16.4. The quantitative estimate of drug-likeness (QED) is 0.230.